The Balaban J connectivity index is 1.91. The van der Waals surface area contributed by atoms with Crippen LogP contribution in [0.15, 0.2) is 72.8 Å². The van der Waals surface area contributed by atoms with Crippen molar-refractivity contribution >= 4 is 16.9 Å². The van der Waals surface area contributed by atoms with E-state index in [1.54, 1.807) is 0 Å². The van der Waals surface area contributed by atoms with E-state index in [9.17, 15) is 9.90 Å². The number of aromatic carboxylic acids is 1. The van der Waals surface area contributed by atoms with Crippen LogP contribution in [0.25, 0.3) is 10.9 Å². The van der Waals surface area contributed by atoms with Gasteiger partial charge in [0, 0.05) is 23.9 Å². The number of carboxylic acid groups (broad SMARTS) is 1. The Labute approximate surface area is 164 Å². The molecular weight excluding hydrogens is 346 g/mol. The van der Waals surface area contributed by atoms with Gasteiger partial charge in [-0.25, -0.2) is 4.79 Å². The highest BCUT2D eigenvalue weighted by atomic mass is 16.4. The summed E-state index contributed by atoms with van der Waals surface area (Å²) < 4.78 is 1.94. The molecule has 4 aromatic rings. The first-order chi connectivity index (χ1) is 13.5. The third kappa shape index (κ3) is 3.44. The molecule has 0 saturated heterocycles. The zero-order chi connectivity index (χ0) is 19.7. The third-order valence-corrected chi connectivity index (χ3v) is 5.21. The van der Waals surface area contributed by atoms with Crippen LogP contribution in [0.5, 0.6) is 0 Å². The Hall–Kier alpha value is -3.33. The van der Waals surface area contributed by atoms with Gasteiger partial charge in [0.05, 0.1) is 0 Å². The number of rotatable bonds is 5. The topological polar surface area (TPSA) is 42.2 Å². The maximum absolute atomic E-state index is 12.3. The molecule has 0 unspecified atom stereocenters. The standard InChI is InChI=1S/C25H23NO2/c1-17-8-11-20(12-9-17)16-26-23-13-10-18(2)14-21(23)22(24(26)25(27)28)15-19-6-4-3-5-7-19/h3-14H,15-16H2,1-2H3,(H,27,28). The van der Waals surface area contributed by atoms with Crippen molar-refractivity contribution in [3.8, 4) is 0 Å². The highest BCUT2D eigenvalue weighted by Gasteiger charge is 2.22. The van der Waals surface area contributed by atoms with Crippen molar-refractivity contribution in [2.75, 3.05) is 0 Å². The van der Waals surface area contributed by atoms with Crippen molar-refractivity contribution in [2.45, 2.75) is 26.8 Å². The summed E-state index contributed by atoms with van der Waals surface area (Å²) in [6, 6.07) is 24.5. The van der Waals surface area contributed by atoms with Gasteiger partial charge in [0.1, 0.15) is 5.69 Å². The quantitative estimate of drug-likeness (QED) is 0.498. The predicted octanol–water partition coefficient (Wildman–Crippen LogP) is 5.60. The van der Waals surface area contributed by atoms with Gasteiger partial charge in [-0.2, -0.15) is 0 Å². The summed E-state index contributed by atoms with van der Waals surface area (Å²) in [4.78, 5) is 12.3. The molecule has 0 aliphatic carbocycles. The third-order valence-electron chi connectivity index (χ3n) is 5.21. The zero-order valence-corrected chi connectivity index (χ0v) is 16.1. The number of nitrogens with zero attached hydrogens (tertiary/aromatic N) is 1. The summed E-state index contributed by atoms with van der Waals surface area (Å²) in [6.07, 6.45) is 0.601. The van der Waals surface area contributed by atoms with E-state index in [2.05, 4.69) is 37.3 Å². The molecule has 28 heavy (non-hydrogen) atoms. The molecule has 0 radical (unpaired) electrons. The lowest BCUT2D eigenvalue weighted by molar-refractivity contribution is 0.0685. The fraction of sp³-hybridized carbons (Fsp3) is 0.160. The summed E-state index contributed by atoms with van der Waals surface area (Å²) in [5, 5.41) is 11.1. The van der Waals surface area contributed by atoms with Crippen molar-refractivity contribution < 1.29 is 9.90 Å². The van der Waals surface area contributed by atoms with E-state index in [4.69, 9.17) is 0 Å². The summed E-state index contributed by atoms with van der Waals surface area (Å²) >= 11 is 0. The first-order valence-corrected chi connectivity index (χ1v) is 9.47. The number of carboxylic acids is 1. The second-order valence-corrected chi connectivity index (χ2v) is 7.39. The molecule has 0 atom stereocenters. The van der Waals surface area contributed by atoms with E-state index in [-0.39, 0.29) is 0 Å². The SMILES string of the molecule is Cc1ccc(Cn2c(C(=O)O)c(Cc3ccccc3)c3cc(C)ccc32)cc1. The van der Waals surface area contributed by atoms with Crippen LogP contribution >= 0.6 is 0 Å². The molecule has 0 saturated carbocycles. The fourth-order valence-electron chi connectivity index (χ4n) is 3.80. The van der Waals surface area contributed by atoms with Gasteiger partial charge in [0.15, 0.2) is 0 Å². The Bertz CT molecular complexity index is 1140. The summed E-state index contributed by atoms with van der Waals surface area (Å²) in [5.41, 5.74) is 6.76. The predicted molar refractivity (Wildman–Crippen MR) is 113 cm³/mol. The largest absolute Gasteiger partial charge is 0.477 e. The molecule has 0 aliphatic rings. The fourth-order valence-corrected chi connectivity index (χ4v) is 3.80. The molecule has 140 valence electrons. The molecule has 3 aromatic carbocycles. The molecular formula is C25H23NO2. The normalized spacial score (nSPS) is 11.1. The molecule has 0 amide bonds. The average Bonchev–Trinajstić information content (AvgIpc) is 2.97. The Morgan fingerprint density at radius 2 is 1.54 bits per heavy atom. The summed E-state index contributed by atoms with van der Waals surface area (Å²) in [5.74, 6) is -0.883. The molecule has 1 aromatic heterocycles. The van der Waals surface area contributed by atoms with Crippen LogP contribution in [0.3, 0.4) is 0 Å². The molecule has 0 fully saturated rings. The molecule has 0 spiro atoms. The van der Waals surface area contributed by atoms with Crippen molar-refractivity contribution in [1.82, 2.24) is 4.57 Å². The Morgan fingerprint density at radius 3 is 2.21 bits per heavy atom. The maximum Gasteiger partial charge on any atom is 0.352 e. The number of hydrogen-bond donors (Lipinski definition) is 1. The second-order valence-electron chi connectivity index (χ2n) is 7.39. The smallest absolute Gasteiger partial charge is 0.352 e. The van der Waals surface area contributed by atoms with Crippen LogP contribution in [0.1, 0.15) is 38.3 Å². The lowest BCUT2D eigenvalue weighted by Gasteiger charge is -2.10. The number of carbonyl (C=O) groups is 1. The van der Waals surface area contributed by atoms with E-state index >= 15 is 0 Å². The van der Waals surface area contributed by atoms with Gasteiger partial charge in [-0.3, -0.25) is 0 Å². The Kier molecular flexibility index (Phi) is 4.74. The van der Waals surface area contributed by atoms with Crippen LogP contribution < -0.4 is 0 Å². The number of fused-ring (bicyclic) bond motifs is 1. The number of aromatic nitrogens is 1. The van der Waals surface area contributed by atoms with Crippen molar-refractivity contribution in [3.05, 3.63) is 106 Å². The lowest BCUT2D eigenvalue weighted by atomic mass is 10.0. The molecule has 0 aliphatic heterocycles. The minimum Gasteiger partial charge on any atom is -0.477 e. The molecule has 4 rings (SSSR count). The van der Waals surface area contributed by atoms with Crippen molar-refractivity contribution in [3.63, 3.8) is 0 Å². The summed E-state index contributed by atoms with van der Waals surface area (Å²) in [6.45, 7) is 4.64. The van der Waals surface area contributed by atoms with Crippen LogP contribution in [0.4, 0.5) is 0 Å². The van der Waals surface area contributed by atoms with Gasteiger partial charge in [-0.15, -0.1) is 0 Å². The summed E-state index contributed by atoms with van der Waals surface area (Å²) in [7, 11) is 0. The van der Waals surface area contributed by atoms with E-state index in [0.717, 1.165) is 33.2 Å². The first kappa shape index (κ1) is 18.1. The maximum atomic E-state index is 12.3. The van der Waals surface area contributed by atoms with Crippen LogP contribution in [-0.4, -0.2) is 15.6 Å². The lowest BCUT2D eigenvalue weighted by Crippen LogP contribution is -2.11. The first-order valence-electron chi connectivity index (χ1n) is 9.47. The highest BCUT2D eigenvalue weighted by molar-refractivity contribution is 5.98. The number of benzene rings is 3. The Morgan fingerprint density at radius 1 is 0.857 bits per heavy atom. The van der Waals surface area contributed by atoms with Crippen LogP contribution in [0, 0.1) is 13.8 Å². The monoisotopic (exact) mass is 369 g/mol. The van der Waals surface area contributed by atoms with Crippen LogP contribution in [0.2, 0.25) is 0 Å². The van der Waals surface area contributed by atoms with Gasteiger partial charge < -0.3 is 9.67 Å². The van der Waals surface area contributed by atoms with E-state index < -0.39 is 5.97 Å². The van der Waals surface area contributed by atoms with Crippen molar-refractivity contribution in [1.29, 1.82) is 0 Å². The van der Waals surface area contributed by atoms with E-state index in [1.165, 1.54) is 5.56 Å². The average molecular weight is 369 g/mol. The molecule has 1 N–H and O–H groups in total. The van der Waals surface area contributed by atoms with Gasteiger partial charge in [0.25, 0.3) is 0 Å². The molecule has 3 nitrogen and oxygen atoms in total. The minimum atomic E-state index is -0.883. The van der Waals surface area contributed by atoms with Gasteiger partial charge in [-0.05, 0) is 42.7 Å². The number of aryl methyl sites for hydroxylation is 2. The van der Waals surface area contributed by atoms with E-state index in [0.29, 0.717) is 18.7 Å². The van der Waals surface area contributed by atoms with Crippen LogP contribution in [-0.2, 0) is 13.0 Å². The van der Waals surface area contributed by atoms with E-state index in [1.807, 2.05) is 54.0 Å². The van der Waals surface area contributed by atoms with Gasteiger partial charge in [0.2, 0.25) is 0 Å². The van der Waals surface area contributed by atoms with Gasteiger partial charge in [-0.1, -0.05) is 71.8 Å². The number of hydrogen-bond acceptors (Lipinski definition) is 1. The molecule has 0 bridgehead atoms. The highest BCUT2D eigenvalue weighted by Crippen LogP contribution is 2.30. The second kappa shape index (κ2) is 7.35. The van der Waals surface area contributed by atoms with Crippen molar-refractivity contribution in [2.24, 2.45) is 0 Å². The zero-order valence-electron chi connectivity index (χ0n) is 16.1. The van der Waals surface area contributed by atoms with Gasteiger partial charge >= 0.3 is 5.97 Å². The minimum absolute atomic E-state index is 0.380. The molecule has 3 heteroatoms. The molecule has 1 heterocycles.